The Morgan fingerprint density at radius 1 is 0.412 bits per heavy atom. The number of rotatable bonds is 29. The first-order valence-electron chi connectivity index (χ1n) is 36.2. The van der Waals surface area contributed by atoms with Gasteiger partial charge in [-0.25, -0.2) is 28.4 Å². The third kappa shape index (κ3) is 27.0. The number of unbranched alkanes of at least 4 members (excludes halogenated alkanes) is 3. The van der Waals surface area contributed by atoms with Crippen molar-refractivity contribution < 1.29 is 87.3 Å². The molecule has 0 aromatic heterocycles. The zero-order chi connectivity index (χ0) is 83.4. The quantitative estimate of drug-likeness (QED) is 0.0197. The summed E-state index contributed by atoms with van der Waals surface area (Å²) in [6.07, 6.45) is 10.3. The Kier molecular flexibility index (Phi) is 36.0. The molecule has 9 N–H and O–H groups in total. The van der Waals surface area contributed by atoms with Crippen LogP contribution in [0.25, 0.3) is 0 Å². The number of halogens is 3. The topological polar surface area (TPSA) is 362 Å². The first kappa shape index (κ1) is 89.6. The van der Waals surface area contributed by atoms with E-state index in [0.717, 1.165) is 86.5 Å². The van der Waals surface area contributed by atoms with Crippen LogP contribution in [0.4, 0.5) is 27.1 Å². The minimum absolute atomic E-state index is 0.00513. The van der Waals surface area contributed by atoms with Crippen molar-refractivity contribution in [3.05, 3.63) is 317 Å². The van der Waals surface area contributed by atoms with Crippen LogP contribution in [0.1, 0.15) is 210 Å². The number of carboxylic acid groups (broad SMARTS) is 5. The molecule has 0 unspecified atom stereocenters. The van der Waals surface area contributed by atoms with Gasteiger partial charge in [0.1, 0.15) is 23.4 Å². The number of benzene rings is 10. The predicted octanol–water partition coefficient (Wildman–Crippen LogP) is 19.8. The molecule has 0 saturated carbocycles. The predicted molar refractivity (Wildman–Crippen MR) is 437 cm³/mol. The van der Waals surface area contributed by atoms with Crippen molar-refractivity contribution in [2.45, 2.75) is 105 Å². The van der Waals surface area contributed by atoms with Crippen LogP contribution in [0.3, 0.4) is 0 Å². The van der Waals surface area contributed by atoms with E-state index in [1.165, 1.54) is 91.5 Å². The van der Waals surface area contributed by atoms with E-state index in [2.05, 4.69) is 54.2 Å². The number of hydrogen-bond donors (Lipinski definition) is 9. The van der Waals surface area contributed by atoms with Crippen molar-refractivity contribution in [2.75, 3.05) is 35.0 Å². The summed E-state index contributed by atoms with van der Waals surface area (Å²) in [6, 6.07) is 58.0. The molecule has 22 nitrogen and oxygen atoms in total. The molecule has 0 spiro atoms. The maximum absolute atomic E-state index is 14.1. The molecule has 0 aliphatic rings. The number of Topliss-reactive ketones (excluding diaryl/α,β-unsaturated/α-hetero) is 1. The Balaban J connectivity index is 0.000000222. The standard InChI is InChI=1S/C20H22O3.C18H18ClNO3.C18H18FNO3.C18H16N2O4.C15H12ClNO4/c1-3-4-7-15-10-11-16(14(2)12-15)13-19(21)17-8-5-6-9-18(17)20(22)23;2*1-2-3-6-12-9-10-16(15(19)11-12)20-17(21)13-7-4-5-8-14(13)18(22)23;1-2-9-24-16-8-7-13(10-12(16)11-19)20-17(21)14-5-3-4-6-15(14)18(22)23;1-21-9-6-7-13(12(16)8-9)17-14(18)10-4-2-3-5-11(10)15(19)20/h5-6,8-12H,3-4,7,13H2,1-2H3,(H,22,23);2*4-5,7-11H,2-3,6H2,1H3,(H,20,21)(H,22,23);3-8,10H,2,9H2,1H3,(H,20,21)(H,22,23);2-8H,1H3,(H,17,18)(H,19,20). The second-order valence-corrected chi connectivity index (χ2v) is 26.2. The van der Waals surface area contributed by atoms with Crippen LogP contribution >= 0.6 is 23.2 Å². The Bertz CT molecular complexity index is 4860. The van der Waals surface area contributed by atoms with Crippen LogP contribution in [0.2, 0.25) is 10.0 Å². The molecular weight excluding hydrogens is 1500 g/mol. The molecule has 0 radical (unpaired) electrons. The number of hydrogen-bond acceptors (Lipinski definition) is 13. The van der Waals surface area contributed by atoms with Crippen LogP contribution in [0.5, 0.6) is 11.5 Å². The Morgan fingerprint density at radius 3 is 1.15 bits per heavy atom. The van der Waals surface area contributed by atoms with Gasteiger partial charge < -0.3 is 56.3 Å². The lowest BCUT2D eigenvalue weighted by Gasteiger charge is -2.10. The average Bonchev–Trinajstić information content (AvgIpc) is 0.845. The molecule has 25 heteroatoms. The van der Waals surface area contributed by atoms with Crippen molar-refractivity contribution in [3.63, 3.8) is 0 Å². The molecule has 4 amide bonds. The van der Waals surface area contributed by atoms with Gasteiger partial charge in [-0.3, -0.25) is 24.0 Å². The van der Waals surface area contributed by atoms with Gasteiger partial charge in [-0.05, 0) is 189 Å². The lowest BCUT2D eigenvalue weighted by molar-refractivity contribution is 0.0683. The molecule has 10 aromatic rings. The van der Waals surface area contributed by atoms with Crippen LogP contribution in [-0.2, 0) is 25.7 Å². The number of carbonyl (C=O) groups is 10. The van der Waals surface area contributed by atoms with Crippen LogP contribution in [-0.4, -0.2) is 98.5 Å². The van der Waals surface area contributed by atoms with Crippen molar-refractivity contribution in [1.82, 2.24) is 0 Å². The number of nitriles is 1. The summed E-state index contributed by atoms with van der Waals surface area (Å²) in [6.45, 7) is 10.8. The van der Waals surface area contributed by atoms with Gasteiger partial charge in [0.2, 0.25) is 0 Å². The Morgan fingerprint density at radius 2 is 0.772 bits per heavy atom. The third-order valence-corrected chi connectivity index (χ3v) is 17.7. The number of methoxy groups -OCH3 is 1. The number of ether oxygens (including phenoxy) is 2. The molecule has 0 saturated heterocycles. The van der Waals surface area contributed by atoms with Crippen molar-refractivity contribution in [2.24, 2.45) is 0 Å². The van der Waals surface area contributed by atoms with Gasteiger partial charge in [0.25, 0.3) is 23.6 Å². The second kappa shape index (κ2) is 45.8. The average molecular weight is 1590 g/mol. The fourth-order valence-corrected chi connectivity index (χ4v) is 11.5. The number of carbonyl (C=O) groups excluding carboxylic acids is 5. The maximum Gasteiger partial charge on any atom is 0.336 e. The normalized spacial score (nSPS) is 10.2. The van der Waals surface area contributed by atoms with Crippen LogP contribution in [0.15, 0.2) is 212 Å². The summed E-state index contributed by atoms with van der Waals surface area (Å²) >= 11 is 12.2. The van der Waals surface area contributed by atoms with E-state index >= 15 is 0 Å². The molecule has 0 aliphatic heterocycles. The number of ketones is 1. The number of nitrogens with zero attached hydrogens (tertiary/aromatic N) is 1. The molecular formula is C89H86Cl2FN5O17. The van der Waals surface area contributed by atoms with Gasteiger partial charge in [-0.1, -0.05) is 167 Å². The highest BCUT2D eigenvalue weighted by molar-refractivity contribution is 6.34. The summed E-state index contributed by atoms with van der Waals surface area (Å²) in [7, 11) is 1.51. The first-order chi connectivity index (χ1) is 54.7. The summed E-state index contributed by atoms with van der Waals surface area (Å²) in [5, 5.41) is 65.9. The van der Waals surface area contributed by atoms with E-state index in [1.807, 2.05) is 38.1 Å². The number of aryl methyl sites for hydroxylation is 4. The number of carboxylic acids is 5. The Labute approximate surface area is 669 Å². The van der Waals surface area contributed by atoms with E-state index in [4.69, 9.17) is 53.1 Å². The monoisotopic (exact) mass is 1590 g/mol. The van der Waals surface area contributed by atoms with Gasteiger partial charge in [-0.15, -0.1) is 0 Å². The lowest BCUT2D eigenvalue weighted by atomic mass is 9.94. The SMILES string of the molecule is CCCCc1ccc(CC(=O)c2ccccc2C(=O)O)c(C)c1.CCCCc1ccc(NC(=O)c2ccccc2C(=O)O)c(Cl)c1.CCCCc1ccc(NC(=O)c2ccccc2C(=O)O)c(F)c1.CCCOc1ccc(NC(=O)c2ccccc2C(=O)O)cc1C#N.COc1ccc(NC(=O)c2ccccc2C(=O)O)c(Cl)c1. The minimum atomic E-state index is -1.20. The summed E-state index contributed by atoms with van der Waals surface area (Å²) in [5.74, 6) is -7.68. The van der Waals surface area contributed by atoms with E-state index in [0.29, 0.717) is 50.8 Å². The van der Waals surface area contributed by atoms with Gasteiger partial charge >= 0.3 is 29.8 Å². The first-order valence-corrected chi connectivity index (χ1v) is 37.0. The zero-order valence-electron chi connectivity index (χ0n) is 63.4. The minimum Gasteiger partial charge on any atom is -0.497 e. The number of nitrogens with one attached hydrogen (secondary N) is 4. The highest BCUT2D eigenvalue weighted by atomic mass is 35.5. The molecule has 114 heavy (non-hydrogen) atoms. The zero-order valence-corrected chi connectivity index (χ0v) is 64.9. The molecule has 0 atom stereocenters. The smallest absolute Gasteiger partial charge is 0.336 e. The van der Waals surface area contributed by atoms with Gasteiger partial charge in [0.15, 0.2) is 5.78 Å². The summed E-state index contributed by atoms with van der Waals surface area (Å²) in [5.41, 5.74) is 7.11. The summed E-state index contributed by atoms with van der Waals surface area (Å²) in [4.78, 5) is 117. The van der Waals surface area contributed by atoms with E-state index in [9.17, 15) is 62.7 Å². The largest absolute Gasteiger partial charge is 0.497 e. The van der Waals surface area contributed by atoms with Gasteiger partial charge in [-0.2, -0.15) is 5.26 Å². The molecule has 590 valence electrons. The molecule has 0 aliphatic carbocycles. The molecule has 0 fully saturated rings. The maximum atomic E-state index is 14.1. The molecule has 0 heterocycles. The second-order valence-electron chi connectivity index (χ2n) is 25.4. The Hall–Kier alpha value is -13.3. The number of anilines is 4. The summed E-state index contributed by atoms with van der Waals surface area (Å²) < 4.78 is 24.6. The molecule has 0 bridgehead atoms. The van der Waals surface area contributed by atoms with Crippen LogP contribution < -0.4 is 30.7 Å². The number of amides is 4. The van der Waals surface area contributed by atoms with Gasteiger partial charge in [0, 0.05) is 23.7 Å². The van der Waals surface area contributed by atoms with E-state index in [-0.39, 0.29) is 73.5 Å². The van der Waals surface area contributed by atoms with Crippen molar-refractivity contribution in [3.8, 4) is 17.6 Å². The highest BCUT2D eigenvalue weighted by Gasteiger charge is 2.23. The highest BCUT2D eigenvalue weighted by Crippen LogP contribution is 2.30. The lowest BCUT2D eigenvalue weighted by Crippen LogP contribution is -2.17. The number of aromatic carboxylic acids is 5. The van der Waals surface area contributed by atoms with Gasteiger partial charge in [0.05, 0.1) is 96.5 Å². The fraction of sp³-hybridized carbons (Fsp3) is 0.202. The van der Waals surface area contributed by atoms with Crippen LogP contribution in [0, 0.1) is 24.1 Å². The molecule has 10 rings (SSSR count). The van der Waals surface area contributed by atoms with E-state index in [1.54, 1.807) is 103 Å². The molecule has 10 aromatic carbocycles. The van der Waals surface area contributed by atoms with Crippen molar-refractivity contribution in [1.29, 1.82) is 5.26 Å². The van der Waals surface area contributed by atoms with E-state index < -0.39 is 59.3 Å². The fourth-order valence-electron chi connectivity index (χ4n) is 11.1. The van der Waals surface area contributed by atoms with Crippen molar-refractivity contribution >= 4 is 105 Å². The third-order valence-electron chi connectivity index (χ3n) is 17.1.